The van der Waals surface area contributed by atoms with E-state index in [1.165, 1.54) is 46.2 Å². The van der Waals surface area contributed by atoms with Gasteiger partial charge in [-0.25, -0.2) is 9.78 Å². The molecule has 0 N–H and O–H groups in total. The van der Waals surface area contributed by atoms with Crippen molar-refractivity contribution >= 4 is 27.5 Å². The number of carbonyl (C=O) groups is 1. The predicted octanol–water partition coefficient (Wildman–Crippen LogP) is 4.91. The first-order valence-corrected chi connectivity index (χ1v) is 11.2. The quantitative estimate of drug-likeness (QED) is 0.561. The molecule has 0 amide bonds. The highest BCUT2D eigenvalue weighted by Gasteiger charge is 2.24. The molecule has 1 aliphatic rings. The van der Waals surface area contributed by atoms with Gasteiger partial charge in [0.25, 0.3) is 5.56 Å². The van der Waals surface area contributed by atoms with Gasteiger partial charge < -0.3 is 4.74 Å². The van der Waals surface area contributed by atoms with Gasteiger partial charge in [-0.2, -0.15) is 0 Å². The van der Waals surface area contributed by atoms with Crippen molar-refractivity contribution in [2.45, 2.75) is 65.0 Å². The molecule has 0 fully saturated rings. The molecular formula is C23H26N2O3S. The van der Waals surface area contributed by atoms with Gasteiger partial charge >= 0.3 is 5.97 Å². The number of nitrogens with zero attached hydrogens (tertiary/aromatic N) is 2. The van der Waals surface area contributed by atoms with Crippen LogP contribution in [0.25, 0.3) is 21.3 Å². The molecule has 1 unspecified atom stereocenters. The van der Waals surface area contributed by atoms with E-state index >= 15 is 0 Å². The van der Waals surface area contributed by atoms with Crippen molar-refractivity contribution < 1.29 is 9.53 Å². The molecule has 0 radical (unpaired) electrons. The third kappa shape index (κ3) is 3.73. The van der Waals surface area contributed by atoms with Gasteiger partial charge in [-0.1, -0.05) is 25.1 Å². The first-order valence-electron chi connectivity index (χ1n) is 10.3. The summed E-state index contributed by atoms with van der Waals surface area (Å²) < 4.78 is 6.79. The minimum Gasteiger partial charge on any atom is -0.461 e. The second-order valence-electron chi connectivity index (χ2n) is 7.89. The molecule has 2 aromatic heterocycles. The van der Waals surface area contributed by atoms with Gasteiger partial charge in [-0.05, 0) is 62.6 Å². The molecule has 0 saturated carbocycles. The fourth-order valence-electron chi connectivity index (χ4n) is 4.07. The summed E-state index contributed by atoms with van der Waals surface area (Å²) in [5.74, 6) is -0.392. The lowest BCUT2D eigenvalue weighted by molar-refractivity contribution is -0.151. The van der Waals surface area contributed by atoms with Gasteiger partial charge in [0.2, 0.25) is 0 Å². The summed E-state index contributed by atoms with van der Waals surface area (Å²) in [7, 11) is 0. The van der Waals surface area contributed by atoms with Crippen LogP contribution in [0.5, 0.6) is 0 Å². The predicted molar refractivity (Wildman–Crippen MR) is 117 cm³/mol. The minimum absolute atomic E-state index is 0.184. The summed E-state index contributed by atoms with van der Waals surface area (Å²) in [6.45, 7) is 5.49. The maximum atomic E-state index is 13.4. The Morgan fingerprint density at radius 1 is 1.24 bits per heavy atom. The van der Waals surface area contributed by atoms with E-state index in [0.717, 1.165) is 24.0 Å². The SMILES string of the molecule is CCC(C(=O)OC(C)C)n1cnc2scc(-c3ccc4c(c3)CCCC4)c2c1=O. The lowest BCUT2D eigenvalue weighted by Gasteiger charge is -2.18. The zero-order valence-corrected chi connectivity index (χ0v) is 17.9. The van der Waals surface area contributed by atoms with Crippen LogP contribution in [-0.2, 0) is 22.4 Å². The number of esters is 1. The lowest BCUT2D eigenvalue weighted by atomic mass is 9.89. The van der Waals surface area contributed by atoms with E-state index < -0.39 is 12.0 Å². The van der Waals surface area contributed by atoms with Crippen molar-refractivity contribution in [3.8, 4) is 11.1 Å². The van der Waals surface area contributed by atoms with Crippen LogP contribution in [0.1, 0.15) is 57.2 Å². The fraction of sp³-hybridized carbons (Fsp3) is 0.435. The van der Waals surface area contributed by atoms with E-state index in [1.54, 1.807) is 0 Å². The molecule has 0 aliphatic heterocycles. The largest absolute Gasteiger partial charge is 0.461 e. The highest BCUT2D eigenvalue weighted by Crippen LogP contribution is 2.33. The number of aromatic nitrogens is 2. The van der Waals surface area contributed by atoms with Crippen LogP contribution in [0.15, 0.2) is 34.7 Å². The molecule has 1 aromatic carbocycles. The zero-order valence-electron chi connectivity index (χ0n) is 17.1. The number of hydrogen-bond acceptors (Lipinski definition) is 5. The first-order chi connectivity index (χ1) is 14.0. The molecule has 2 heterocycles. The molecule has 152 valence electrons. The Labute approximate surface area is 174 Å². The van der Waals surface area contributed by atoms with Crippen molar-refractivity contribution in [1.82, 2.24) is 9.55 Å². The number of benzene rings is 1. The number of carbonyl (C=O) groups excluding carboxylic acids is 1. The number of hydrogen-bond donors (Lipinski definition) is 0. The lowest BCUT2D eigenvalue weighted by Crippen LogP contribution is -2.32. The van der Waals surface area contributed by atoms with Gasteiger partial charge in [0.05, 0.1) is 17.8 Å². The number of aryl methyl sites for hydroxylation is 2. The van der Waals surface area contributed by atoms with E-state index in [-0.39, 0.29) is 11.7 Å². The fourth-order valence-corrected chi connectivity index (χ4v) is 4.98. The standard InChI is InChI=1S/C23H26N2O3S/c1-4-19(23(27)28-14(2)3)25-13-24-21-20(22(25)26)18(12-29-21)17-10-9-15-7-5-6-8-16(15)11-17/h9-14,19H,4-8H2,1-3H3. The maximum Gasteiger partial charge on any atom is 0.329 e. The highest BCUT2D eigenvalue weighted by molar-refractivity contribution is 7.17. The molecular weight excluding hydrogens is 384 g/mol. The van der Waals surface area contributed by atoms with E-state index in [9.17, 15) is 9.59 Å². The van der Waals surface area contributed by atoms with Crippen LogP contribution >= 0.6 is 11.3 Å². The van der Waals surface area contributed by atoms with E-state index in [1.807, 2.05) is 26.2 Å². The maximum absolute atomic E-state index is 13.4. The topological polar surface area (TPSA) is 61.2 Å². The second-order valence-corrected chi connectivity index (χ2v) is 8.74. The van der Waals surface area contributed by atoms with Gasteiger partial charge in [-0.15, -0.1) is 11.3 Å². The van der Waals surface area contributed by atoms with Crippen LogP contribution in [0.2, 0.25) is 0 Å². The summed E-state index contributed by atoms with van der Waals surface area (Å²) in [5.41, 5.74) is 4.56. The summed E-state index contributed by atoms with van der Waals surface area (Å²) >= 11 is 1.47. The molecule has 5 nitrogen and oxygen atoms in total. The number of ether oxygens (including phenoxy) is 1. The average molecular weight is 411 g/mol. The van der Waals surface area contributed by atoms with Crippen LogP contribution < -0.4 is 5.56 Å². The Bertz CT molecular complexity index is 1110. The molecule has 0 bridgehead atoms. The normalized spacial score (nSPS) is 14.8. The van der Waals surface area contributed by atoms with Crippen LogP contribution in [0.3, 0.4) is 0 Å². The Kier molecular flexibility index (Phi) is 5.54. The molecule has 4 rings (SSSR count). The molecule has 1 aliphatic carbocycles. The first kappa shape index (κ1) is 19.8. The molecule has 1 atom stereocenters. The Morgan fingerprint density at radius 2 is 2.00 bits per heavy atom. The molecule has 0 spiro atoms. The zero-order chi connectivity index (χ0) is 20.5. The van der Waals surface area contributed by atoms with Crippen molar-refractivity contribution in [2.75, 3.05) is 0 Å². The smallest absolute Gasteiger partial charge is 0.329 e. The van der Waals surface area contributed by atoms with Crippen LogP contribution in [-0.4, -0.2) is 21.6 Å². The van der Waals surface area contributed by atoms with Crippen molar-refractivity contribution in [3.63, 3.8) is 0 Å². The Balaban J connectivity index is 1.81. The molecule has 0 saturated heterocycles. The van der Waals surface area contributed by atoms with Crippen molar-refractivity contribution in [2.24, 2.45) is 0 Å². The van der Waals surface area contributed by atoms with E-state index in [0.29, 0.717) is 16.6 Å². The molecule has 3 aromatic rings. The third-order valence-corrected chi connectivity index (χ3v) is 6.41. The third-order valence-electron chi connectivity index (χ3n) is 5.53. The van der Waals surface area contributed by atoms with Gasteiger partial charge in [-0.3, -0.25) is 9.36 Å². The van der Waals surface area contributed by atoms with Crippen molar-refractivity contribution in [3.05, 3.63) is 51.4 Å². The van der Waals surface area contributed by atoms with Gasteiger partial charge in [0.15, 0.2) is 0 Å². The average Bonchev–Trinajstić information content (AvgIpc) is 3.14. The Morgan fingerprint density at radius 3 is 2.72 bits per heavy atom. The summed E-state index contributed by atoms with van der Waals surface area (Å²) in [6.07, 6.45) is 6.40. The summed E-state index contributed by atoms with van der Waals surface area (Å²) in [4.78, 5) is 31.1. The van der Waals surface area contributed by atoms with Gasteiger partial charge in [0, 0.05) is 10.9 Å². The number of rotatable bonds is 5. The van der Waals surface area contributed by atoms with Crippen LogP contribution in [0.4, 0.5) is 0 Å². The van der Waals surface area contributed by atoms with Crippen LogP contribution in [0, 0.1) is 0 Å². The number of thiophene rings is 1. The molecule has 6 heteroatoms. The second kappa shape index (κ2) is 8.11. The molecule has 29 heavy (non-hydrogen) atoms. The highest BCUT2D eigenvalue weighted by atomic mass is 32.1. The monoisotopic (exact) mass is 410 g/mol. The Hall–Kier alpha value is -2.47. The van der Waals surface area contributed by atoms with Gasteiger partial charge in [0.1, 0.15) is 10.9 Å². The summed E-state index contributed by atoms with van der Waals surface area (Å²) in [5, 5.41) is 2.59. The van der Waals surface area contributed by atoms with E-state index in [2.05, 4.69) is 23.2 Å². The number of fused-ring (bicyclic) bond motifs is 2. The van der Waals surface area contributed by atoms with E-state index in [4.69, 9.17) is 4.74 Å². The van der Waals surface area contributed by atoms with Crippen molar-refractivity contribution in [1.29, 1.82) is 0 Å². The minimum atomic E-state index is -0.668. The summed E-state index contributed by atoms with van der Waals surface area (Å²) in [6, 6.07) is 5.85.